The third-order valence-electron chi connectivity index (χ3n) is 13.2. The lowest BCUT2D eigenvalue weighted by Crippen LogP contribution is -2.65. The Morgan fingerprint density at radius 3 is 2.26 bits per heavy atom. The van der Waals surface area contributed by atoms with Crippen molar-refractivity contribution in [3.8, 4) is 0 Å². The van der Waals surface area contributed by atoms with Crippen molar-refractivity contribution in [2.45, 2.75) is 126 Å². The van der Waals surface area contributed by atoms with Crippen LogP contribution in [0.15, 0.2) is 11.6 Å². The van der Waals surface area contributed by atoms with E-state index in [1.165, 1.54) is 25.5 Å². The standard InChI is InChI=1S/C32H50O3/c1-21(34)35-26-12-13-29(6)24(28(26,4)5)11-14-31(8)25(29)10-9-22-23-19-27(2,3)15-17-32(23,20-33)18-16-30(22,31)7/h9,20,23-26H,10-19H2,1-8H3/t23-,24-,25+,26+,29-,30+,31+,32+/m0/s1. The SMILES string of the molecule is CC(=O)O[C@@H]1CC[C@]2(C)[C@H]3CC=C4[C@@H]5CC(C)(C)CC[C@]5(C=O)CC[C@@]4(C)[C@]3(C)CC[C@H]2C1(C)C. The van der Waals surface area contributed by atoms with Crippen molar-refractivity contribution in [2.75, 3.05) is 0 Å². The number of hydrogen-bond acceptors (Lipinski definition) is 3. The topological polar surface area (TPSA) is 43.4 Å². The van der Waals surface area contributed by atoms with Gasteiger partial charge in [0.1, 0.15) is 12.4 Å². The van der Waals surface area contributed by atoms with Gasteiger partial charge in [-0.05, 0) is 104 Å². The first-order valence-corrected chi connectivity index (χ1v) is 14.5. The summed E-state index contributed by atoms with van der Waals surface area (Å²) in [5.41, 5.74) is 2.51. The van der Waals surface area contributed by atoms with E-state index in [2.05, 4.69) is 54.5 Å². The highest BCUT2D eigenvalue weighted by Crippen LogP contribution is 2.75. The van der Waals surface area contributed by atoms with Crippen LogP contribution in [0.4, 0.5) is 0 Å². The maximum atomic E-state index is 12.6. The summed E-state index contributed by atoms with van der Waals surface area (Å²) in [7, 11) is 0. The highest BCUT2D eigenvalue weighted by molar-refractivity contribution is 5.66. The van der Waals surface area contributed by atoms with Gasteiger partial charge in [0.25, 0.3) is 0 Å². The molecular weight excluding hydrogens is 432 g/mol. The molecule has 0 aromatic carbocycles. The zero-order valence-corrected chi connectivity index (χ0v) is 23.8. The second kappa shape index (κ2) is 7.70. The molecule has 35 heavy (non-hydrogen) atoms. The van der Waals surface area contributed by atoms with Crippen LogP contribution in [0.25, 0.3) is 0 Å². The molecule has 0 spiro atoms. The monoisotopic (exact) mass is 482 g/mol. The number of hydrogen-bond donors (Lipinski definition) is 0. The molecule has 4 fully saturated rings. The quantitative estimate of drug-likeness (QED) is 0.228. The Balaban J connectivity index is 1.54. The molecule has 0 bridgehead atoms. The van der Waals surface area contributed by atoms with Crippen molar-refractivity contribution in [2.24, 2.45) is 50.2 Å². The highest BCUT2D eigenvalue weighted by atomic mass is 16.5. The zero-order chi connectivity index (χ0) is 25.7. The van der Waals surface area contributed by atoms with Crippen LogP contribution in [-0.2, 0) is 14.3 Å². The Kier molecular flexibility index (Phi) is 5.62. The highest BCUT2D eigenvalue weighted by Gasteiger charge is 2.68. The Bertz CT molecular complexity index is 944. The molecule has 0 saturated heterocycles. The lowest BCUT2D eigenvalue weighted by Gasteiger charge is -2.71. The van der Waals surface area contributed by atoms with E-state index in [9.17, 15) is 9.59 Å². The fourth-order valence-corrected chi connectivity index (χ4v) is 10.9. The second-order valence-corrected chi connectivity index (χ2v) is 15.5. The van der Waals surface area contributed by atoms with E-state index in [1.807, 2.05) is 0 Å². The van der Waals surface area contributed by atoms with Crippen LogP contribution in [-0.4, -0.2) is 18.4 Å². The molecule has 3 heteroatoms. The van der Waals surface area contributed by atoms with Gasteiger partial charge < -0.3 is 9.53 Å². The van der Waals surface area contributed by atoms with Gasteiger partial charge in [-0.25, -0.2) is 0 Å². The molecule has 5 aliphatic carbocycles. The maximum absolute atomic E-state index is 12.6. The number of fused-ring (bicyclic) bond motifs is 7. The largest absolute Gasteiger partial charge is 0.462 e. The number of rotatable bonds is 2. The van der Waals surface area contributed by atoms with Gasteiger partial charge >= 0.3 is 5.97 Å². The molecule has 0 aromatic rings. The average molecular weight is 483 g/mol. The summed E-state index contributed by atoms with van der Waals surface area (Å²) < 4.78 is 5.89. The van der Waals surface area contributed by atoms with E-state index < -0.39 is 0 Å². The predicted octanol–water partition coefficient (Wildman–Crippen LogP) is 7.92. The van der Waals surface area contributed by atoms with E-state index in [4.69, 9.17) is 4.74 Å². The molecule has 196 valence electrons. The Morgan fingerprint density at radius 2 is 1.60 bits per heavy atom. The molecule has 0 N–H and O–H groups in total. The van der Waals surface area contributed by atoms with Gasteiger partial charge in [0.05, 0.1) is 0 Å². The third kappa shape index (κ3) is 3.34. The minimum Gasteiger partial charge on any atom is -0.462 e. The predicted molar refractivity (Wildman–Crippen MR) is 141 cm³/mol. The summed E-state index contributed by atoms with van der Waals surface area (Å²) in [6.07, 6.45) is 15.4. The number of aldehydes is 1. The Labute approximate surface area is 214 Å². The van der Waals surface area contributed by atoms with Crippen LogP contribution < -0.4 is 0 Å². The van der Waals surface area contributed by atoms with Crippen LogP contribution in [0, 0.1) is 50.2 Å². The molecule has 0 aliphatic heterocycles. The summed E-state index contributed by atoms with van der Waals surface area (Å²) in [6, 6.07) is 0. The van der Waals surface area contributed by atoms with Gasteiger partial charge in [0.2, 0.25) is 0 Å². The van der Waals surface area contributed by atoms with E-state index in [1.54, 1.807) is 12.5 Å². The van der Waals surface area contributed by atoms with E-state index in [0.29, 0.717) is 23.2 Å². The van der Waals surface area contributed by atoms with Crippen LogP contribution in [0.1, 0.15) is 120 Å². The number of ether oxygens (including phenoxy) is 1. The molecule has 5 rings (SSSR count). The normalized spacial score (nSPS) is 49.9. The first kappa shape index (κ1) is 25.5. The van der Waals surface area contributed by atoms with Crippen molar-refractivity contribution in [3.63, 3.8) is 0 Å². The minimum absolute atomic E-state index is 0.00245. The molecule has 0 amide bonds. The smallest absolute Gasteiger partial charge is 0.302 e. The molecule has 4 saturated carbocycles. The minimum atomic E-state index is -0.138. The van der Waals surface area contributed by atoms with Crippen LogP contribution in [0.2, 0.25) is 0 Å². The molecule has 0 radical (unpaired) electrons. The number of allylic oxidation sites excluding steroid dienone is 2. The number of carbonyl (C=O) groups excluding carboxylic acids is 2. The lowest BCUT2D eigenvalue weighted by atomic mass is 9.33. The van der Waals surface area contributed by atoms with Crippen molar-refractivity contribution >= 4 is 12.3 Å². The number of carbonyl (C=O) groups is 2. The van der Waals surface area contributed by atoms with Gasteiger partial charge in [-0.15, -0.1) is 0 Å². The molecule has 0 aromatic heterocycles. The van der Waals surface area contributed by atoms with Crippen LogP contribution >= 0.6 is 0 Å². The van der Waals surface area contributed by atoms with Crippen molar-refractivity contribution in [1.29, 1.82) is 0 Å². The molecule has 0 unspecified atom stereocenters. The van der Waals surface area contributed by atoms with Gasteiger partial charge in [-0.2, -0.15) is 0 Å². The van der Waals surface area contributed by atoms with Crippen molar-refractivity contribution in [1.82, 2.24) is 0 Å². The fraction of sp³-hybridized carbons (Fsp3) is 0.875. The summed E-state index contributed by atoms with van der Waals surface area (Å²) in [4.78, 5) is 24.5. The molecule has 3 nitrogen and oxygen atoms in total. The number of esters is 1. The van der Waals surface area contributed by atoms with Crippen molar-refractivity contribution in [3.05, 3.63) is 11.6 Å². The van der Waals surface area contributed by atoms with E-state index in [0.717, 1.165) is 44.9 Å². The lowest BCUT2D eigenvalue weighted by molar-refractivity contribution is -0.211. The van der Waals surface area contributed by atoms with Gasteiger partial charge in [-0.3, -0.25) is 4.79 Å². The molecule has 0 heterocycles. The van der Waals surface area contributed by atoms with Crippen LogP contribution in [0.3, 0.4) is 0 Å². The van der Waals surface area contributed by atoms with Gasteiger partial charge in [0.15, 0.2) is 0 Å². The zero-order valence-electron chi connectivity index (χ0n) is 23.8. The molecular formula is C32H50O3. The van der Waals surface area contributed by atoms with E-state index >= 15 is 0 Å². The second-order valence-electron chi connectivity index (χ2n) is 15.5. The summed E-state index contributed by atoms with van der Waals surface area (Å²) >= 11 is 0. The summed E-state index contributed by atoms with van der Waals surface area (Å²) in [5.74, 6) is 1.49. The van der Waals surface area contributed by atoms with Crippen LogP contribution in [0.5, 0.6) is 0 Å². The van der Waals surface area contributed by atoms with Gasteiger partial charge in [0, 0.05) is 17.8 Å². The summed E-state index contributed by atoms with van der Waals surface area (Å²) in [6.45, 7) is 18.9. The Hall–Kier alpha value is -1.12. The van der Waals surface area contributed by atoms with Gasteiger partial charge in [-0.1, -0.05) is 60.1 Å². The first-order valence-electron chi connectivity index (χ1n) is 14.5. The Morgan fingerprint density at radius 1 is 0.914 bits per heavy atom. The van der Waals surface area contributed by atoms with Crippen molar-refractivity contribution < 1.29 is 14.3 Å². The maximum Gasteiger partial charge on any atom is 0.302 e. The van der Waals surface area contributed by atoms with E-state index in [-0.39, 0.29) is 39.1 Å². The fourth-order valence-electron chi connectivity index (χ4n) is 10.9. The average Bonchev–Trinajstić information content (AvgIpc) is 2.76. The third-order valence-corrected chi connectivity index (χ3v) is 13.2. The first-order chi connectivity index (χ1) is 16.2. The molecule has 8 atom stereocenters. The summed E-state index contributed by atoms with van der Waals surface area (Å²) in [5, 5.41) is 0. The molecule has 5 aliphatic rings.